The molecule has 0 spiro atoms. The molecule has 3 aliphatic rings. The number of rotatable bonds is 3. The standard InChI is InChI=1S/C19H34/c1-4-13-7-10-19-17(15(13)6-3)12-11-16-14(5-2)8-9-18(16)19/h13-19H,4-12H2,1-3H3/t13?,14-,15?,16?,17?,18?,19?/m1/s1. The topological polar surface area (TPSA) is 0 Å². The molecule has 3 fully saturated rings. The molecule has 0 heterocycles. The lowest BCUT2D eigenvalue weighted by molar-refractivity contribution is -0.0112. The molecule has 110 valence electrons. The fourth-order valence-electron chi connectivity index (χ4n) is 6.66. The van der Waals surface area contributed by atoms with Crippen LogP contribution in [0, 0.1) is 41.4 Å². The van der Waals surface area contributed by atoms with E-state index in [-0.39, 0.29) is 0 Å². The second kappa shape index (κ2) is 5.78. The number of fused-ring (bicyclic) bond motifs is 3. The predicted molar refractivity (Wildman–Crippen MR) is 83.0 cm³/mol. The average Bonchev–Trinajstić information content (AvgIpc) is 2.88. The van der Waals surface area contributed by atoms with Crippen molar-refractivity contribution < 1.29 is 0 Å². The lowest BCUT2D eigenvalue weighted by atomic mass is 9.55. The van der Waals surface area contributed by atoms with Gasteiger partial charge in [-0.3, -0.25) is 0 Å². The molecule has 0 saturated heterocycles. The van der Waals surface area contributed by atoms with Gasteiger partial charge in [-0.15, -0.1) is 0 Å². The first-order chi connectivity index (χ1) is 9.30. The van der Waals surface area contributed by atoms with E-state index in [9.17, 15) is 0 Å². The molecule has 0 heteroatoms. The van der Waals surface area contributed by atoms with Crippen molar-refractivity contribution in [2.75, 3.05) is 0 Å². The first-order valence-electron chi connectivity index (χ1n) is 9.30. The molecule has 0 nitrogen and oxygen atoms in total. The summed E-state index contributed by atoms with van der Waals surface area (Å²) in [6.45, 7) is 7.33. The van der Waals surface area contributed by atoms with Gasteiger partial charge in [0.1, 0.15) is 0 Å². The van der Waals surface area contributed by atoms with E-state index in [1.807, 2.05) is 0 Å². The highest BCUT2D eigenvalue weighted by molar-refractivity contribution is 4.99. The molecular weight excluding hydrogens is 228 g/mol. The molecular formula is C19H34. The minimum atomic E-state index is 1.06. The summed E-state index contributed by atoms with van der Waals surface area (Å²) in [4.78, 5) is 0. The zero-order valence-corrected chi connectivity index (χ0v) is 13.4. The summed E-state index contributed by atoms with van der Waals surface area (Å²) in [5.41, 5.74) is 0. The fraction of sp³-hybridized carbons (Fsp3) is 1.00. The van der Waals surface area contributed by atoms with Crippen molar-refractivity contribution in [1.82, 2.24) is 0 Å². The maximum atomic E-state index is 2.46. The van der Waals surface area contributed by atoms with Gasteiger partial charge < -0.3 is 0 Å². The largest absolute Gasteiger partial charge is 0.0651 e. The summed E-state index contributed by atoms with van der Waals surface area (Å²) in [5, 5.41) is 0. The van der Waals surface area contributed by atoms with Gasteiger partial charge in [0.2, 0.25) is 0 Å². The first kappa shape index (κ1) is 14.0. The molecule has 3 saturated carbocycles. The second-order valence-electron chi connectivity index (χ2n) is 7.80. The van der Waals surface area contributed by atoms with Gasteiger partial charge in [0.05, 0.1) is 0 Å². The molecule has 0 amide bonds. The molecule has 6 unspecified atom stereocenters. The molecule has 0 radical (unpaired) electrons. The van der Waals surface area contributed by atoms with Gasteiger partial charge in [0.15, 0.2) is 0 Å². The van der Waals surface area contributed by atoms with Gasteiger partial charge in [-0.2, -0.15) is 0 Å². The molecule has 0 N–H and O–H groups in total. The maximum Gasteiger partial charge on any atom is -0.0352 e. The Hall–Kier alpha value is 0. The van der Waals surface area contributed by atoms with Crippen molar-refractivity contribution in [3.8, 4) is 0 Å². The van der Waals surface area contributed by atoms with Gasteiger partial charge >= 0.3 is 0 Å². The van der Waals surface area contributed by atoms with Crippen LogP contribution in [0.25, 0.3) is 0 Å². The van der Waals surface area contributed by atoms with Crippen LogP contribution in [0.1, 0.15) is 78.6 Å². The molecule has 3 aliphatic carbocycles. The smallest absolute Gasteiger partial charge is 0.0352 e. The molecule has 0 aromatic rings. The van der Waals surface area contributed by atoms with E-state index in [1.54, 1.807) is 38.5 Å². The fourth-order valence-corrected chi connectivity index (χ4v) is 6.66. The summed E-state index contributed by atoms with van der Waals surface area (Å²) < 4.78 is 0. The summed E-state index contributed by atoms with van der Waals surface area (Å²) in [5.74, 6) is 7.73. The minimum Gasteiger partial charge on any atom is -0.0651 e. The lowest BCUT2D eigenvalue weighted by Crippen LogP contribution is -2.42. The van der Waals surface area contributed by atoms with Gasteiger partial charge in [0.25, 0.3) is 0 Å². The molecule has 0 aromatic carbocycles. The van der Waals surface area contributed by atoms with Crippen LogP contribution in [0.15, 0.2) is 0 Å². The predicted octanol–water partition coefficient (Wildman–Crippen LogP) is 5.91. The Balaban J connectivity index is 1.75. The third kappa shape index (κ3) is 2.28. The number of hydrogen-bond donors (Lipinski definition) is 0. The van der Waals surface area contributed by atoms with Crippen molar-refractivity contribution in [1.29, 1.82) is 0 Å². The van der Waals surface area contributed by atoms with Gasteiger partial charge in [-0.1, -0.05) is 40.0 Å². The van der Waals surface area contributed by atoms with Gasteiger partial charge in [-0.05, 0) is 80.0 Å². The SMILES string of the molecule is CCC1CCC2C(CCC3C2CC[C@H]3CC)C1CC. The summed E-state index contributed by atoms with van der Waals surface area (Å²) >= 11 is 0. The van der Waals surface area contributed by atoms with Crippen molar-refractivity contribution in [2.45, 2.75) is 78.6 Å². The van der Waals surface area contributed by atoms with Crippen LogP contribution in [0.4, 0.5) is 0 Å². The van der Waals surface area contributed by atoms with Crippen molar-refractivity contribution in [2.24, 2.45) is 41.4 Å². The van der Waals surface area contributed by atoms with E-state index in [0.717, 1.165) is 41.4 Å². The Kier molecular flexibility index (Phi) is 4.25. The zero-order chi connectivity index (χ0) is 13.4. The van der Waals surface area contributed by atoms with Crippen LogP contribution in [0.2, 0.25) is 0 Å². The van der Waals surface area contributed by atoms with Gasteiger partial charge in [-0.25, -0.2) is 0 Å². The summed E-state index contributed by atoms with van der Waals surface area (Å²) in [7, 11) is 0. The van der Waals surface area contributed by atoms with E-state index in [2.05, 4.69) is 20.8 Å². The molecule has 0 bridgehead atoms. The monoisotopic (exact) mass is 262 g/mol. The van der Waals surface area contributed by atoms with E-state index in [0.29, 0.717) is 0 Å². The van der Waals surface area contributed by atoms with Crippen molar-refractivity contribution in [3.63, 3.8) is 0 Å². The normalized spacial score (nSPS) is 49.7. The van der Waals surface area contributed by atoms with Crippen LogP contribution < -0.4 is 0 Å². The van der Waals surface area contributed by atoms with Gasteiger partial charge in [0, 0.05) is 0 Å². The highest BCUT2D eigenvalue weighted by Gasteiger charge is 2.49. The maximum absolute atomic E-state index is 2.46. The lowest BCUT2D eigenvalue weighted by Gasteiger charge is -2.50. The Labute approximate surface area is 120 Å². The zero-order valence-electron chi connectivity index (χ0n) is 13.4. The van der Waals surface area contributed by atoms with Crippen LogP contribution in [-0.2, 0) is 0 Å². The van der Waals surface area contributed by atoms with E-state index >= 15 is 0 Å². The highest BCUT2D eigenvalue weighted by Crippen LogP contribution is 2.58. The Bertz CT molecular complexity index is 294. The minimum absolute atomic E-state index is 1.06. The molecule has 19 heavy (non-hydrogen) atoms. The molecule has 7 atom stereocenters. The quantitative estimate of drug-likeness (QED) is 0.593. The number of hydrogen-bond acceptors (Lipinski definition) is 0. The third-order valence-corrected chi connectivity index (χ3v) is 7.51. The average molecular weight is 262 g/mol. The van der Waals surface area contributed by atoms with E-state index in [4.69, 9.17) is 0 Å². The Morgan fingerprint density at radius 3 is 1.68 bits per heavy atom. The van der Waals surface area contributed by atoms with Crippen molar-refractivity contribution >= 4 is 0 Å². The third-order valence-electron chi connectivity index (χ3n) is 7.51. The highest BCUT2D eigenvalue weighted by atomic mass is 14.5. The molecule has 0 aliphatic heterocycles. The molecule has 3 rings (SSSR count). The Morgan fingerprint density at radius 1 is 0.526 bits per heavy atom. The van der Waals surface area contributed by atoms with Crippen molar-refractivity contribution in [3.05, 3.63) is 0 Å². The van der Waals surface area contributed by atoms with Crippen LogP contribution in [-0.4, -0.2) is 0 Å². The Morgan fingerprint density at radius 2 is 1.05 bits per heavy atom. The van der Waals surface area contributed by atoms with Crippen LogP contribution in [0.3, 0.4) is 0 Å². The summed E-state index contributed by atoms with van der Waals surface area (Å²) in [6.07, 6.45) is 13.8. The molecule has 0 aromatic heterocycles. The first-order valence-corrected chi connectivity index (χ1v) is 9.30. The van der Waals surface area contributed by atoms with Crippen LogP contribution in [0.5, 0.6) is 0 Å². The van der Waals surface area contributed by atoms with E-state index in [1.165, 1.54) is 19.3 Å². The second-order valence-corrected chi connectivity index (χ2v) is 7.80. The van der Waals surface area contributed by atoms with E-state index < -0.39 is 0 Å². The summed E-state index contributed by atoms with van der Waals surface area (Å²) in [6, 6.07) is 0. The van der Waals surface area contributed by atoms with Crippen LogP contribution >= 0.6 is 0 Å².